The number of aryl methyl sites for hydroxylation is 2. The molecule has 3 nitrogen and oxygen atoms in total. The third-order valence-electron chi connectivity index (χ3n) is 3.22. The fraction of sp³-hybridized carbons (Fsp3) is 0.769. The molecule has 0 aliphatic heterocycles. The van der Waals surface area contributed by atoms with Gasteiger partial charge in [-0.05, 0) is 18.8 Å². The molecule has 1 aromatic heterocycles. The third-order valence-corrected chi connectivity index (χ3v) is 3.93. The third kappa shape index (κ3) is 3.87. The molecule has 1 unspecified atom stereocenters. The minimum absolute atomic E-state index is 0.176. The molecule has 5 heteroatoms. The van der Waals surface area contributed by atoms with Crippen LogP contribution in [0.5, 0.6) is 0 Å². The van der Waals surface area contributed by atoms with Crippen LogP contribution >= 0.6 is 23.2 Å². The SMILES string of the molecule is Cc1nn(C)c(CNC(CCCl)C(C)(C)C)c1Cl. The van der Waals surface area contributed by atoms with Crippen LogP contribution in [-0.4, -0.2) is 21.7 Å². The molecule has 0 aliphatic carbocycles. The summed E-state index contributed by atoms with van der Waals surface area (Å²) in [7, 11) is 1.92. The van der Waals surface area contributed by atoms with Crippen molar-refractivity contribution in [1.29, 1.82) is 0 Å². The highest BCUT2D eigenvalue weighted by atomic mass is 35.5. The van der Waals surface area contributed by atoms with E-state index >= 15 is 0 Å². The van der Waals surface area contributed by atoms with E-state index in [1.54, 1.807) is 0 Å². The van der Waals surface area contributed by atoms with Gasteiger partial charge in [0.1, 0.15) is 0 Å². The Kier molecular flexibility index (Phi) is 5.50. The van der Waals surface area contributed by atoms with Crippen molar-refractivity contribution < 1.29 is 0 Å². The number of hydrogen-bond donors (Lipinski definition) is 1. The first-order chi connectivity index (χ1) is 8.27. The summed E-state index contributed by atoms with van der Waals surface area (Å²) in [5.74, 6) is 0.660. The lowest BCUT2D eigenvalue weighted by atomic mass is 9.85. The van der Waals surface area contributed by atoms with Gasteiger partial charge in [0.25, 0.3) is 0 Å². The van der Waals surface area contributed by atoms with Crippen molar-refractivity contribution in [1.82, 2.24) is 15.1 Å². The Morgan fingerprint density at radius 1 is 1.39 bits per heavy atom. The number of aromatic nitrogens is 2. The quantitative estimate of drug-likeness (QED) is 0.842. The molecule has 0 radical (unpaired) electrons. The molecule has 1 heterocycles. The van der Waals surface area contributed by atoms with Crippen molar-refractivity contribution in [3.8, 4) is 0 Å². The van der Waals surface area contributed by atoms with Crippen LogP contribution < -0.4 is 5.32 Å². The molecule has 18 heavy (non-hydrogen) atoms. The lowest BCUT2D eigenvalue weighted by molar-refractivity contribution is 0.259. The molecule has 0 spiro atoms. The van der Waals surface area contributed by atoms with Crippen molar-refractivity contribution in [3.05, 3.63) is 16.4 Å². The van der Waals surface area contributed by atoms with Crippen LogP contribution in [0, 0.1) is 12.3 Å². The molecule has 0 bridgehead atoms. The molecule has 1 N–H and O–H groups in total. The molecular weight excluding hydrogens is 269 g/mol. The molecule has 1 rings (SSSR count). The average molecular weight is 292 g/mol. The number of rotatable bonds is 5. The topological polar surface area (TPSA) is 29.9 Å². The van der Waals surface area contributed by atoms with Crippen molar-refractivity contribution >= 4 is 23.2 Å². The van der Waals surface area contributed by atoms with Gasteiger partial charge in [-0.1, -0.05) is 32.4 Å². The van der Waals surface area contributed by atoms with Crippen LogP contribution in [0.15, 0.2) is 0 Å². The van der Waals surface area contributed by atoms with E-state index in [0.717, 1.165) is 29.4 Å². The van der Waals surface area contributed by atoms with Gasteiger partial charge in [-0.15, -0.1) is 11.6 Å². The zero-order chi connectivity index (χ0) is 13.9. The second kappa shape index (κ2) is 6.27. The normalized spacial score (nSPS) is 13.9. The first-order valence-electron chi connectivity index (χ1n) is 6.24. The Morgan fingerprint density at radius 3 is 2.39 bits per heavy atom. The molecule has 0 fully saturated rings. The zero-order valence-electron chi connectivity index (χ0n) is 11.8. The van der Waals surface area contributed by atoms with Crippen LogP contribution in [0.3, 0.4) is 0 Å². The highest BCUT2D eigenvalue weighted by Crippen LogP contribution is 2.24. The first kappa shape index (κ1) is 15.8. The molecule has 0 saturated carbocycles. The standard InChI is InChI=1S/C13H23Cl2N3/c1-9-12(15)10(18(5)17-9)8-16-11(6-7-14)13(2,3)4/h11,16H,6-8H2,1-5H3. The maximum absolute atomic E-state index is 6.24. The Bertz CT molecular complexity index is 394. The largest absolute Gasteiger partial charge is 0.308 e. The van der Waals surface area contributed by atoms with Crippen LogP contribution in [0.1, 0.15) is 38.6 Å². The summed E-state index contributed by atoms with van der Waals surface area (Å²) in [6, 6.07) is 0.362. The van der Waals surface area contributed by atoms with Crippen LogP contribution in [0.2, 0.25) is 5.02 Å². The number of nitrogens with one attached hydrogen (secondary N) is 1. The van der Waals surface area contributed by atoms with E-state index in [1.165, 1.54) is 0 Å². The van der Waals surface area contributed by atoms with Gasteiger partial charge in [-0.25, -0.2) is 0 Å². The molecule has 0 saturated heterocycles. The molecular formula is C13H23Cl2N3. The van der Waals surface area contributed by atoms with Crippen molar-refractivity contribution in [3.63, 3.8) is 0 Å². The number of nitrogens with zero attached hydrogens (tertiary/aromatic N) is 2. The lowest BCUT2D eigenvalue weighted by Crippen LogP contribution is -2.40. The van der Waals surface area contributed by atoms with E-state index in [0.29, 0.717) is 11.9 Å². The average Bonchev–Trinajstić information content (AvgIpc) is 2.48. The summed E-state index contributed by atoms with van der Waals surface area (Å²) in [5, 5.41) is 8.61. The van der Waals surface area contributed by atoms with Crippen molar-refractivity contribution in [2.75, 3.05) is 5.88 Å². The number of hydrogen-bond acceptors (Lipinski definition) is 2. The van der Waals surface area contributed by atoms with Gasteiger partial charge >= 0.3 is 0 Å². The summed E-state index contributed by atoms with van der Waals surface area (Å²) in [6.45, 7) is 9.29. The van der Waals surface area contributed by atoms with Gasteiger partial charge in [0, 0.05) is 25.5 Å². The fourth-order valence-corrected chi connectivity index (χ4v) is 2.49. The van der Waals surface area contributed by atoms with Crippen molar-refractivity contribution in [2.24, 2.45) is 12.5 Å². The monoisotopic (exact) mass is 291 g/mol. The Morgan fingerprint density at radius 2 is 2.00 bits per heavy atom. The minimum atomic E-state index is 0.176. The number of alkyl halides is 1. The summed E-state index contributed by atoms with van der Waals surface area (Å²) in [6.07, 6.45) is 0.944. The van der Waals surface area contributed by atoms with Gasteiger partial charge in [-0.2, -0.15) is 5.10 Å². The molecule has 1 aromatic rings. The zero-order valence-corrected chi connectivity index (χ0v) is 13.4. The highest BCUT2D eigenvalue weighted by molar-refractivity contribution is 6.31. The summed E-state index contributed by atoms with van der Waals surface area (Å²) in [5.41, 5.74) is 2.08. The lowest BCUT2D eigenvalue weighted by Gasteiger charge is -2.31. The van der Waals surface area contributed by atoms with Gasteiger partial charge < -0.3 is 5.32 Å². The molecule has 0 amide bonds. The summed E-state index contributed by atoms with van der Waals surface area (Å²) >= 11 is 12.1. The van der Waals surface area contributed by atoms with E-state index in [9.17, 15) is 0 Å². The Labute approximate surface area is 120 Å². The highest BCUT2D eigenvalue weighted by Gasteiger charge is 2.24. The summed E-state index contributed by atoms with van der Waals surface area (Å²) in [4.78, 5) is 0. The second-order valence-corrected chi connectivity index (χ2v) is 6.50. The van der Waals surface area contributed by atoms with Crippen LogP contribution in [-0.2, 0) is 13.6 Å². The number of halogens is 2. The molecule has 1 atom stereocenters. The van der Waals surface area contributed by atoms with E-state index in [4.69, 9.17) is 23.2 Å². The Hall–Kier alpha value is -0.250. The maximum Gasteiger partial charge on any atom is 0.0860 e. The van der Waals surface area contributed by atoms with E-state index in [2.05, 4.69) is 31.2 Å². The van der Waals surface area contributed by atoms with Crippen LogP contribution in [0.25, 0.3) is 0 Å². The van der Waals surface area contributed by atoms with Crippen molar-refractivity contribution in [2.45, 2.75) is 46.7 Å². The summed E-state index contributed by atoms with van der Waals surface area (Å²) < 4.78 is 1.84. The second-order valence-electron chi connectivity index (χ2n) is 5.75. The van der Waals surface area contributed by atoms with Gasteiger partial charge in [0.15, 0.2) is 0 Å². The van der Waals surface area contributed by atoms with Gasteiger partial charge in [0.2, 0.25) is 0 Å². The predicted octanol–water partition coefficient (Wildman–Crippen LogP) is 3.52. The minimum Gasteiger partial charge on any atom is -0.308 e. The predicted molar refractivity (Wildman–Crippen MR) is 78.4 cm³/mol. The maximum atomic E-state index is 6.24. The molecule has 0 aliphatic rings. The smallest absolute Gasteiger partial charge is 0.0860 e. The first-order valence-corrected chi connectivity index (χ1v) is 7.16. The van der Waals surface area contributed by atoms with Gasteiger partial charge in [-0.3, -0.25) is 4.68 Å². The van der Waals surface area contributed by atoms with E-state index < -0.39 is 0 Å². The molecule has 104 valence electrons. The molecule has 0 aromatic carbocycles. The van der Waals surface area contributed by atoms with E-state index in [-0.39, 0.29) is 5.41 Å². The fourth-order valence-electron chi connectivity index (χ4n) is 2.04. The Balaban J connectivity index is 2.73. The van der Waals surface area contributed by atoms with Crippen LogP contribution in [0.4, 0.5) is 0 Å². The van der Waals surface area contributed by atoms with Gasteiger partial charge in [0.05, 0.1) is 16.4 Å². The van der Waals surface area contributed by atoms with E-state index in [1.807, 2.05) is 18.7 Å².